The second-order valence-corrected chi connectivity index (χ2v) is 6.51. The smallest absolute Gasteiger partial charge is 0.328 e. The van der Waals surface area contributed by atoms with Crippen LogP contribution < -0.4 is 5.32 Å². The Labute approximate surface area is 141 Å². The number of nitrogens with zero attached hydrogens (tertiary/aromatic N) is 1. The van der Waals surface area contributed by atoms with Gasteiger partial charge in [0.1, 0.15) is 0 Å². The van der Waals surface area contributed by atoms with Crippen LogP contribution in [0.25, 0.3) is 0 Å². The van der Waals surface area contributed by atoms with E-state index < -0.39 is 0 Å². The van der Waals surface area contributed by atoms with Gasteiger partial charge in [0.05, 0.1) is 19.4 Å². The van der Waals surface area contributed by atoms with Gasteiger partial charge in [-0.25, -0.2) is 4.79 Å². The second kappa shape index (κ2) is 7.03. The highest BCUT2D eigenvalue weighted by Crippen LogP contribution is 2.31. The van der Waals surface area contributed by atoms with Gasteiger partial charge in [-0.1, -0.05) is 18.2 Å². The zero-order valence-electron chi connectivity index (χ0n) is 13.8. The van der Waals surface area contributed by atoms with Crippen molar-refractivity contribution in [3.63, 3.8) is 0 Å². The average Bonchev–Trinajstić information content (AvgIpc) is 2.71. The maximum absolute atomic E-state index is 12.5. The number of rotatable bonds is 3. The van der Waals surface area contributed by atoms with Gasteiger partial charge >= 0.3 is 12.0 Å². The molecule has 3 amide bonds. The summed E-state index contributed by atoms with van der Waals surface area (Å²) < 4.78 is 4.79. The van der Waals surface area contributed by atoms with Crippen molar-refractivity contribution in [3.8, 4) is 0 Å². The zero-order valence-corrected chi connectivity index (χ0v) is 13.8. The number of nitrogens with one attached hydrogen (secondary N) is 1. The zero-order chi connectivity index (χ0) is 17.1. The molecule has 6 nitrogen and oxygen atoms in total. The van der Waals surface area contributed by atoms with Crippen LogP contribution in [0.1, 0.15) is 31.2 Å². The number of fused-ring (bicyclic) bond motifs is 1. The number of carbonyl (C=O) groups is 3. The molecule has 0 saturated heterocycles. The van der Waals surface area contributed by atoms with E-state index in [1.54, 1.807) is 0 Å². The number of esters is 1. The lowest BCUT2D eigenvalue weighted by molar-refractivity contribution is -0.147. The first kappa shape index (κ1) is 16.5. The van der Waals surface area contributed by atoms with Crippen molar-refractivity contribution in [2.24, 2.45) is 11.8 Å². The predicted octanol–water partition coefficient (Wildman–Crippen LogP) is 2.58. The van der Waals surface area contributed by atoms with E-state index in [4.69, 9.17) is 4.74 Å². The number of methoxy groups -OCH3 is 1. The van der Waals surface area contributed by atoms with Crippen LogP contribution in [0.4, 0.5) is 10.5 Å². The van der Waals surface area contributed by atoms with Crippen LogP contribution in [-0.4, -0.2) is 36.5 Å². The molecule has 1 fully saturated rings. The third kappa shape index (κ3) is 3.42. The van der Waals surface area contributed by atoms with Gasteiger partial charge in [0.25, 0.3) is 0 Å². The van der Waals surface area contributed by atoms with Crippen LogP contribution in [-0.2, 0) is 20.7 Å². The monoisotopic (exact) mass is 330 g/mol. The summed E-state index contributed by atoms with van der Waals surface area (Å²) >= 11 is 0. The fraction of sp³-hybridized carbons (Fsp3) is 0.500. The fourth-order valence-corrected chi connectivity index (χ4v) is 3.54. The molecule has 24 heavy (non-hydrogen) atoms. The number of amides is 3. The number of hydrogen-bond donors (Lipinski definition) is 1. The first-order valence-corrected chi connectivity index (χ1v) is 8.35. The number of imide groups is 1. The van der Waals surface area contributed by atoms with Crippen LogP contribution >= 0.6 is 0 Å². The Morgan fingerprint density at radius 1 is 1.21 bits per heavy atom. The van der Waals surface area contributed by atoms with Crippen LogP contribution in [0.2, 0.25) is 0 Å². The number of anilines is 1. The highest BCUT2D eigenvalue weighted by Gasteiger charge is 2.32. The van der Waals surface area contributed by atoms with E-state index in [1.165, 1.54) is 12.0 Å². The van der Waals surface area contributed by atoms with Crippen molar-refractivity contribution < 1.29 is 19.1 Å². The standard InChI is InChI=1S/C18H22N2O4/c1-24-17(22)13-8-6-12(7-9-13)11-20-16(21)10-14-4-2-3-5-15(14)19-18(20)23/h2-5,12-13H,6-11H2,1H3,(H,19,23). The van der Waals surface area contributed by atoms with Crippen LogP contribution in [0.15, 0.2) is 24.3 Å². The summed E-state index contributed by atoms with van der Waals surface area (Å²) in [5, 5.41) is 2.82. The van der Waals surface area contributed by atoms with Gasteiger partial charge in [0, 0.05) is 12.2 Å². The molecule has 6 heteroatoms. The van der Waals surface area contributed by atoms with Crippen LogP contribution in [0, 0.1) is 11.8 Å². The molecule has 0 bridgehead atoms. The van der Waals surface area contributed by atoms with E-state index in [0.29, 0.717) is 12.2 Å². The molecular formula is C18H22N2O4. The number of benzene rings is 1. The SMILES string of the molecule is COC(=O)C1CCC(CN2C(=O)Cc3ccccc3NC2=O)CC1. The van der Waals surface area contributed by atoms with Gasteiger partial charge in [-0.05, 0) is 43.2 Å². The van der Waals surface area contributed by atoms with Crippen molar-refractivity contribution in [2.75, 3.05) is 19.0 Å². The third-order valence-electron chi connectivity index (χ3n) is 4.97. The maximum Gasteiger partial charge on any atom is 0.328 e. The van der Waals surface area contributed by atoms with E-state index in [9.17, 15) is 14.4 Å². The van der Waals surface area contributed by atoms with Crippen LogP contribution in [0.3, 0.4) is 0 Å². The summed E-state index contributed by atoms with van der Waals surface area (Å²) in [6.07, 6.45) is 3.38. The Morgan fingerprint density at radius 3 is 2.62 bits per heavy atom. The van der Waals surface area contributed by atoms with Gasteiger partial charge in [0.15, 0.2) is 0 Å². The topological polar surface area (TPSA) is 75.7 Å². The van der Waals surface area contributed by atoms with Gasteiger partial charge in [-0.3, -0.25) is 14.5 Å². The predicted molar refractivity (Wildman–Crippen MR) is 88.3 cm³/mol. The molecule has 1 aromatic carbocycles. The molecule has 0 unspecified atom stereocenters. The van der Waals surface area contributed by atoms with Crippen molar-refractivity contribution in [2.45, 2.75) is 32.1 Å². The molecule has 2 aliphatic rings. The number of para-hydroxylation sites is 1. The Hall–Kier alpha value is -2.37. The summed E-state index contributed by atoms with van der Waals surface area (Å²) in [4.78, 5) is 37.8. The molecule has 0 atom stereocenters. The lowest BCUT2D eigenvalue weighted by Gasteiger charge is -2.30. The lowest BCUT2D eigenvalue weighted by Crippen LogP contribution is -2.42. The van der Waals surface area contributed by atoms with Gasteiger partial charge in [0.2, 0.25) is 5.91 Å². The fourth-order valence-electron chi connectivity index (χ4n) is 3.54. The van der Waals surface area contributed by atoms with E-state index in [1.807, 2.05) is 24.3 Å². The van der Waals surface area contributed by atoms with E-state index >= 15 is 0 Å². The molecule has 1 aliphatic carbocycles. The molecule has 1 aromatic rings. The highest BCUT2D eigenvalue weighted by molar-refractivity contribution is 6.04. The Morgan fingerprint density at radius 2 is 1.92 bits per heavy atom. The highest BCUT2D eigenvalue weighted by atomic mass is 16.5. The minimum absolute atomic E-state index is 0.0517. The second-order valence-electron chi connectivity index (χ2n) is 6.51. The van der Waals surface area contributed by atoms with Gasteiger partial charge < -0.3 is 10.1 Å². The summed E-state index contributed by atoms with van der Waals surface area (Å²) in [6, 6.07) is 7.01. The molecule has 0 aromatic heterocycles. The number of ether oxygens (including phenoxy) is 1. The molecule has 3 rings (SSSR count). The van der Waals surface area contributed by atoms with Crippen molar-refractivity contribution in [1.82, 2.24) is 4.90 Å². The molecule has 1 N–H and O–H groups in total. The number of urea groups is 1. The Bertz CT molecular complexity index is 613. The van der Waals surface area contributed by atoms with E-state index in [0.717, 1.165) is 31.2 Å². The average molecular weight is 330 g/mol. The van der Waals surface area contributed by atoms with Gasteiger partial charge in [-0.15, -0.1) is 0 Å². The maximum atomic E-state index is 12.5. The van der Waals surface area contributed by atoms with Crippen molar-refractivity contribution in [1.29, 1.82) is 0 Å². The summed E-state index contributed by atoms with van der Waals surface area (Å²) in [5.74, 6) is -0.147. The quantitative estimate of drug-likeness (QED) is 0.864. The molecule has 0 spiro atoms. The van der Waals surface area contributed by atoms with Crippen LogP contribution in [0.5, 0.6) is 0 Å². The largest absolute Gasteiger partial charge is 0.469 e. The minimum Gasteiger partial charge on any atom is -0.469 e. The molecule has 0 radical (unpaired) electrons. The third-order valence-corrected chi connectivity index (χ3v) is 4.97. The van der Waals surface area contributed by atoms with E-state index in [-0.39, 0.29) is 36.2 Å². The van der Waals surface area contributed by atoms with Gasteiger partial charge in [-0.2, -0.15) is 0 Å². The molecular weight excluding hydrogens is 308 g/mol. The van der Waals surface area contributed by atoms with E-state index in [2.05, 4.69) is 5.32 Å². The first-order valence-electron chi connectivity index (χ1n) is 8.35. The van der Waals surface area contributed by atoms with Crippen molar-refractivity contribution >= 4 is 23.6 Å². The normalized spacial score (nSPS) is 24.0. The first-order chi connectivity index (χ1) is 11.6. The Balaban J connectivity index is 1.63. The molecule has 1 aliphatic heterocycles. The summed E-state index contributed by atoms with van der Waals surface area (Å²) in [7, 11) is 1.41. The number of carbonyl (C=O) groups excluding carboxylic acids is 3. The summed E-state index contributed by atoms with van der Waals surface area (Å²) in [6.45, 7) is 0.409. The lowest BCUT2D eigenvalue weighted by atomic mass is 9.82. The number of hydrogen-bond acceptors (Lipinski definition) is 4. The molecule has 128 valence electrons. The van der Waals surface area contributed by atoms with Crippen molar-refractivity contribution in [3.05, 3.63) is 29.8 Å². The molecule has 1 saturated carbocycles. The Kier molecular flexibility index (Phi) is 4.83. The molecule has 1 heterocycles. The minimum atomic E-state index is -0.361. The summed E-state index contributed by atoms with van der Waals surface area (Å²) in [5.41, 5.74) is 1.54.